The van der Waals surface area contributed by atoms with E-state index >= 15 is 0 Å². The van der Waals surface area contributed by atoms with E-state index in [9.17, 15) is 5.11 Å². The Kier molecular flexibility index (Phi) is 1.60. The zero-order valence-corrected chi connectivity index (χ0v) is 8.20. The third kappa shape index (κ3) is 0.996. The zero-order chi connectivity index (χ0) is 9.71. The molecule has 3 nitrogen and oxygen atoms in total. The Bertz CT molecular complexity index is 506. The van der Waals surface area contributed by atoms with Crippen molar-refractivity contribution in [3.05, 3.63) is 29.0 Å². The largest absolute Gasteiger partial charge is 0.385 e. The summed E-state index contributed by atoms with van der Waals surface area (Å²) in [5, 5.41) is 10.3. The fourth-order valence-corrected chi connectivity index (χ4v) is 2.15. The third-order valence-electron chi connectivity index (χ3n) is 2.66. The number of rotatable bonds is 0. The van der Waals surface area contributed by atoms with Crippen molar-refractivity contribution in [1.29, 1.82) is 0 Å². The van der Waals surface area contributed by atoms with Crippen LogP contribution in [0.4, 0.5) is 0 Å². The number of aromatic nitrogens is 2. The number of hydrogen-bond acceptors (Lipinski definition) is 2. The Hall–Kier alpha value is -1.06. The number of aliphatic hydroxyl groups is 1. The number of halogens is 1. The molecule has 3 rings (SSSR count). The van der Waals surface area contributed by atoms with Crippen LogP contribution in [0.1, 0.15) is 18.3 Å². The number of imidazole rings is 1. The molecule has 0 spiro atoms. The van der Waals surface area contributed by atoms with Gasteiger partial charge in [0.05, 0.1) is 11.0 Å². The zero-order valence-electron chi connectivity index (χ0n) is 7.44. The van der Waals surface area contributed by atoms with Crippen LogP contribution in [0.5, 0.6) is 0 Å². The summed E-state index contributed by atoms with van der Waals surface area (Å²) in [4.78, 5) is 4.37. The van der Waals surface area contributed by atoms with Gasteiger partial charge in [0.2, 0.25) is 0 Å². The maximum atomic E-state index is 9.64. The van der Waals surface area contributed by atoms with Crippen LogP contribution in [0.25, 0.3) is 11.0 Å². The van der Waals surface area contributed by atoms with E-state index in [1.807, 2.05) is 22.8 Å². The predicted octanol–water partition coefficient (Wildman–Crippen LogP) is 2.13. The Morgan fingerprint density at radius 1 is 1.50 bits per heavy atom. The first-order valence-corrected chi connectivity index (χ1v) is 4.97. The second-order valence-electron chi connectivity index (χ2n) is 3.56. The number of nitrogens with zero attached hydrogens (tertiary/aromatic N) is 2. The SMILES string of the molecule is O[C@H]1CCn2c1nc1ccc(Cl)cc12. The van der Waals surface area contributed by atoms with Crippen molar-refractivity contribution in [1.82, 2.24) is 9.55 Å². The summed E-state index contributed by atoms with van der Waals surface area (Å²) in [6, 6.07) is 5.60. The molecule has 0 amide bonds. The van der Waals surface area contributed by atoms with Crippen molar-refractivity contribution >= 4 is 22.6 Å². The Balaban J connectivity index is 2.36. The quantitative estimate of drug-likeness (QED) is 0.720. The first-order valence-electron chi connectivity index (χ1n) is 4.59. The molecule has 2 aromatic rings. The summed E-state index contributed by atoms with van der Waals surface area (Å²) >= 11 is 5.91. The van der Waals surface area contributed by atoms with Gasteiger partial charge in [-0.3, -0.25) is 0 Å². The van der Waals surface area contributed by atoms with Gasteiger partial charge in [0.15, 0.2) is 0 Å². The number of fused-ring (bicyclic) bond motifs is 3. The molecule has 0 saturated heterocycles. The molecule has 0 bridgehead atoms. The van der Waals surface area contributed by atoms with Crippen LogP contribution in [-0.4, -0.2) is 14.7 Å². The summed E-state index contributed by atoms with van der Waals surface area (Å²) in [6.07, 6.45) is 0.339. The lowest BCUT2D eigenvalue weighted by Crippen LogP contribution is -1.93. The highest BCUT2D eigenvalue weighted by Gasteiger charge is 2.24. The minimum Gasteiger partial charge on any atom is -0.385 e. The molecule has 1 atom stereocenters. The molecule has 4 heteroatoms. The van der Waals surface area contributed by atoms with Crippen LogP contribution in [0.3, 0.4) is 0 Å². The van der Waals surface area contributed by atoms with Crippen LogP contribution < -0.4 is 0 Å². The fraction of sp³-hybridized carbons (Fsp3) is 0.300. The summed E-state index contributed by atoms with van der Waals surface area (Å²) < 4.78 is 2.03. The molecular formula is C10H9ClN2O. The van der Waals surface area contributed by atoms with Crippen molar-refractivity contribution in [2.24, 2.45) is 0 Å². The summed E-state index contributed by atoms with van der Waals surface area (Å²) in [5.74, 6) is 0.766. The Morgan fingerprint density at radius 3 is 3.21 bits per heavy atom. The van der Waals surface area contributed by atoms with E-state index in [1.54, 1.807) is 0 Å². The fourth-order valence-electron chi connectivity index (χ4n) is 1.98. The average Bonchev–Trinajstić information content (AvgIpc) is 2.67. The summed E-state index contributed by atoms with van der Waals surface area (Å²) in [6.45, 7) is 0.827. The molecule has 14 heavy (non-hydrogen) atoms. The summed E-state index contributed by atoms with van der Waals surface area (Å²) in [7, 11) is 0. The average molecular weight is 209 g/mol. The number of benzene rings is 1. The highest BCUT2D eigenvalue weighted by molar-refractivity contribution is 6.31. The second kappa shape index (κ2) is 2.72. The highest BCUT2D eigenvalue weighted by Crippen LogP contribution is 2.30. The first kappa shape index (κ1) is 8.26. The number of aryl methyl sites for hydroxylation is 1. The molecule has 0 radical (unpaired) electrons. The molecular weight excluding hydrogens is 200 g/mol. The normalized spacial score (nSPS) is 20.3. The molecule has 0 saturated carbocycles. The smallest absolute Gasteiger partial charge is 0.138 e. The van der Waals surface area contributed by atoms with Crippen molar-refractivity contribution in [2.75, 3.05) is 0 Å². The monoisotopic (exact) mass is 208 g/mol. The van der Waals surface area contributed by atoms with Gasteiger partial charge in [0.1, 0.15) is 11.9 Å². The van der Waals surface area contributed by atoms with Crippen molar-refractivity contribution in [2.45, 2.75) is 19.1 Å². The number of aliphatic hydroxyl groups excluding tert-OH is 1. The Labute approximate surface area is 85.9 Å². The van der Waals surface area contributed by atoms with Crippen LogP contribution >= 0.6 is 11.6 Å². The minimum absolute atomic E-state index is 0.416. The lowest BCUT2D eigenvalue weighted by molar-refractivity contribution is 0.176. The molecule has 1 aliphatic rings. The highest BCUT2D eigenvalue weighted by atomic mass is 35.5. The second-order valence-corrected chi connectivity index (χ2v) is 4.00. The molecule has 1 aromatic carbocycles. The van der Waals surface area contributed by atoms with Gasteiger partial charge >= 0.3 is 0 Å². The maximum absolute atomic E-state index is 9.64. The molecule has 1 N–H and O–H groups in total. The van der Waals surface area contributed by atoms with Gasteiger partial charge in [-0.2, -0.15) is 0 Å². The molecule has 0 unspecified atom stereocenters. The molecule has 1 aromatic heterocycles. The van der Waals surface area contributed by atoms with Gasteiger partial charge in [0, 0.05) is 11.6 Å². The van der Waals surface area contributed by atoms with Crippen molar-refractivity contribution < 1.29 is 5.11 Å². The molecule has 0 fully saturated rings. The molecule has 2 heterocycles. The molecule has 72 valence electrons. The maximum Gasteiger partial charge on any atom is 0.138 e. The molecule has 1 aliphatic heterocycles. The lowest BCUT2D eigenvalue weighted by atomic mass is 10.3. The van der Waals surface area contributed by atoms with E-state index < -0.39 is 6.10 Å². The molecule has 0 aliphatic carbocycles. The van der Waals surface area contributed by atoms with E-state index in [4.69, 9.17) is 11.6 Å². The van der Waals surface area contributed by atoms with Gasteiger partial charge in [-0.15, -0.1) is 0 Å². The van der Waals surface area contributed by atoms with Crippen molar-refractivity contribution in [3.63, 3.8) is 0 Å². The van der Waals surface area contributed by atoms with E-state index in [1.165, 1.54) is 0 Å². The van der Waals surface area contributed by atoms with Gasteiger partial charge in [-0.1, -0.05) is 11.6 Å². The van der Waals surface area contributed by atoms with E-state index in [0.717, 1.165) is 29.8 Å². The van der Waals surface area contributed by atoms with Gasteiger partial charge in [-0.05, 0) is 24.6 Å². The topological polar surface area (TPSA) is 38.0 Å². The van der Waals surface area contributed by atoms with Gasteiger partial charge in [-0.25, -0.2) is 4.98 Å². The van der Waals surface area contributed by atoms with Crippen molar-refractivity contribution in [3.8, 4) is 0 Å². The van der Waals surface area contributed by atoms with E-state index in [2.05, 4.69) is 4.98 Å². The third-order valence-corrected chi connectivity index (χ3v) is 2.90. The van der Waals surface area contributed by atoms with Crippen LogP contribution in [0.2, 0.25) is 5.02 Å². The Morgan fingerprint density at radius 2 is 2.36 bits per heavy atom. The number of hydrogen-bond donors (Lipinski definition) is 1. The predicted molar refractivity (Wildman–Crippen MR) is 54.3 cm³/mol. The van der Waals surface area contributed by atoms with Crippen LogP contribution in [0.15, 0.2) is 18.2 Å². The van der Waals surface area contributed by atoms with E-state index in [-0.39, 0.29) is 0 Å². The standard InChI is InChI=1S/C10H9ClN2O/c11-6-1-2-7-8(5-6)13-4-3-9(14)10(13)12-7/h1-2,5,9,14H,3-4H2/t9-/m0/s1. The van der Waals surface area contributed by atoms with Gasteiger partial charge < -0.3 is 9.67 Å². The lowest BCUT2D eigenvalue weighted by Gasteiger charge is -1.97. The first-order chi connectivity index (χ1) is 6.75. The van der Waals surface area contributed by atoms with Gasteiger partial charge in [0.25, 0.3) is 0 Å². The van der Waals surface area contributed by atoms with E-state index in [0.29, 0.717) is 5.02 Å². The van der Waals surface area contributed by atoms with Crippen LogP contribution in [-0.2, 0) is 6.54 Å². The minimum atomic E-state index is -0.416. The summed E-state index contributed by atoms with van der Waals surface area (Å²) in [5.41, 5.74) is 1.92. The van der Waals surface area contributed by atoms with Crippen LogP contribution in [0, 0.1) is 0 Å².